The van der Waals surface area contributed by atoms with Crippen LogP contribution < -0.4 is 5.56 Å². The van der Waals surface area contributed by atoms with Crippen LogP contribution in [-0.2, 0) is 13.6 Å². The monoisotopic (exact) mass is 210 g/mol. The second kappa shape index (κ2) is 3.06. The number of H-pyrrole nitrogens is 1. The van der Waals surface area contributed by atoms with Crippen LogP contribution in [-0.4, -0.2) is 19.3 Å². The summed E-state index contributed by atoms with van der Waals surface area (Å²) >= 11 is 5.05. The molecule has 1 N–H and O–H groups in total. The maximum Gasteiger partial charge on any atom is 0.282 e. The molecule has 0 aliphatic carbocycles. The molecule has 2 rings (SSSR count). The molecule has 0 radical (unpaired) electrons. The van der Waals surface area contributed by atoms with Crippen molar-refractivity contribution in [1.82, 2.24) is 19.3 Å². The highest BCUT2D eigenvalue weighted by Crippen LogP contribution is 2.02. The Morgan fingerprint density at radius 3 is 3.00 bits per heavy atom. The van der Waals surface area contributed by atoms with Gasteiger partial charge in [-0.05, 0) is 19.1 Å². The largest absolute Gasteiger partial charge is 0.329 e. The molecule has 0 fully saturated rings. The summed E-state index contributed by atoms with van der Waals surface area (Å²) in [5.41, 5.74) is 0.988. The molecule has 0 aliphatic heterocycles. The maximum absolute atomic E-state index is 11.8. The van der Waals surface area contributed by atoms with Crippen LogP contribution in [0.1, 0.15) is 6.92 Å². The summed E-state index contributed by atoms with van der Waals surface area (Å²) in [5, 5.41) is 4.07. The second-order valence-electron chi connectivity index (χ2n) is 3.04. The van der Waals surface area contributed by atoms with Crippen molar-refractivity contribution in [2.75, 3.05) is 0 Å². The van der Waals surface area contributed by atoms with Gasteiger partial charge < -0.3 is 4.98 Å². The third kappa shape index (κ3) is 1.19. The van der Waals surface area contributed by atoms with E-state index in [4.69, 9.17) is 12.2 Å². The zero-order chi connectivity index (χ0) is 10.3. The molecule has 0 bridgehead atoms. The van der Waals surface area contributed by atoms with E-state index in [2.05, 4.69) is 10.1 Å². The van der Waals surface area contributed by atoms with Crippen LogP contribution in [0.2, 0.25) is 0 Å². The second-order valence-corrected chi connectivity index (χ2v) is 3.43. The summed E-state index contributed by atoms with van der Waals surface area (Å²) in [6.07, 6.45) is 1.74. The average Bonchev–Trinajstić information content (AvgIpc) is 2.47. The van der Waals surface area contributed by atoms with E-state index in [1.807, 2.05) is 6.92 Å². The molecule has 0 aliphatic rings. The van der Waals surface area contributed by atoms with Crippen LogP contribution in [0.25, 0.3) is 11.0 Å². The molecule has 2 heterocycles. The van der Waals surface area contributed by atoms with Gasteiger partial charge in [0.15, 0.2) is 10.3 Å². The van der Waals surface area contributed by atoms with Gasteiger partial charge in [0.25, 0.3) is 5.56 Å². The molecule has 14 heavy (non-hydrogen) atoms. The van der Waals surface area contributed by atoms with E-state index in [1.54, 1.807) is 17.9 Å². The summed E-state index contributed by atoms with van der Waals surface area (Å²) in [5.74, 6) is 0. The standard InChI is InChI=1S/C8H10N4OS/c1-3-12-7(13)6-5(9-8(12)14)4-11(2)10-6/h4H,3H2,1-2H3,(H,9,14). The number of rotatable bonds is 1. The number of hydrogen-bond donors (Lipinski definition) is 1. The van der Waals surface area contributed by atoms with Crippen molar-refractivity contribution in [2.45, 2.75) is 13.5 Å². The van der Waals surface area contributed by atoms with E-state index < -0.39 is 0 Å². The average molecular weight is 210 g/mol. The Morgan fingerprint density at radius 2 is 2.36 bits per heavy atom. The molecule has 5 nitrogen and oxygen atoms in total. The van der Waals surface area contributed by atoms with Gasteiger partial charge in [-0.15, -0.1) is 0 Å². The van der Waals surface area contributed by atoms with Gasteiger partial charge >= 0.3 is 0 Å². The lowest BCUT2D eigenvalue weighted by Gasteiger charge is -2.00. The van der Waals surface area contributed by atoms with Crippen molar-refractivity contribution in [1.29, 1.82) is 0 Å². The molecule has 6 heteroatoms. The Kier molecular flexibility index (Phi) is 1.99. The normalized spacial score (nSPS) is 11.0. The fourth-order valence-electron chi connectivity index (χ4n) is 1.43. The summed E-state index contributed by atoms with van der Waals surface area (Å²) in [7, 11) is 1.77. The number of nitrogens with one attached hydrogen (secondary N) is 1. The van der Waals surface area contributed by atoms with Gasteiger partial charge in [0.2, 0.25) is 0 Å². The van der Waals surface area contributed by atoms with Gasteiger partial charge in [-0.3, -0.25) is 14.0 Å². The predicted octanol–water partition coefficient (Wildman–Crippen LogP) is 0.812. The molecular weight excluding hydrogens is 200 g/mol. The third-order valence-corrected chi connectivity index (χ3v) is 2.40. The van der Waals surface area contributed by atoms with Crippen molar-refractivity contribution < 1.29 is 0 Å². The number of nitrogens with zero attached hydrogens (tertiary/aromatic N) is 3. The summed E-state index contributed by atoms with van der Waals surface area (Å²) in [6, 6.07) is 0. The van der Waals surface area contributed by atoms with Gasteiger partial charge in [-0.1, -0.05) is 0 Å². The molecule has 0 unspecified atom stereocenters. The molecule has 0 atom stereocenters. The first kappa shape index (κ1) is 9.14. The summed E-state index contributed by atoms with van der Waals surface area (Å²) < 4.78 is 3.53. The summed E-state index contributed by atoms with van der Waals surface area (Å²) in [4.78, 5) is 14.8. The molecule has 2 aromatic rings. The highest BCUT2D eigenvalue weighted by molar-refractivity contribution is 7.71. The smallest absolute Gasteiger partial charge is 0.282 e. The van der Waals surface area contributed by atoms with E-state index in [-0.39, 0.29) is 5.56 Å². The van der Waals surface area contributed by atoms with Gasteiger partial charge in [-0.25, -0.2) is 0 Å². The van der Waals surface area contributed by atoms with E-state index in [0.717, 1.165) is 0 Å². The molecular formula is C8H10N4OS. The van der Waals surface area contributed by atoms with Crippen LogP contribution in [0.15, 0.2) is 11.0 Å². The minimum atomic E-state index is -0.133. The van der Waals surface area contributed by atoms with Crippen molar-refractivity contribution in [3.63, 3.8) is 0 Å². The highest BCUT2D eigenvalue weighted by atomic mass is 32.1. The van der Waals surface area contributed by atoms with Crippen LogP contribution in [0, 0.1) is 4.77 Å². The molecule has 2 aromatic heterocycles. The Balaban J connectivity index is 3.00. The van der Waals surface area contributed by atoms with Crippen molar-refractivity contribution in [3.05, 3.63) is 21.3 Å². The van der Waals surface area contributed by atoms with Gasteiger partial charge in [0, 0.05) is 19.8 Å². The Labute approximate surface area is 85.0 Å². The lowest BCUT2D eigenvalue weighted by molar-refractivity contribution is 0.700. The first-order chi connectivity index (χ1) is 6.63. The SMILES string of the molecule is CCn1c(=S)[nH]c2cn(C)nc2c1=O. The number of fused-ring (bicyclic) bond motifs is 1. The minimum Gasteiger partial charge on any atom is -0.329 e. The topological polar surface area (TPSA) is 55.6 Å². The lowest BCUT2D eigenvalue weighted by atomic mass is 10.4. The Hall–Kier alpha value is -1.43. The quantitative estimate of drug-likeness (QED) is 0.709. The number of aromatic amines is 1. The van der Waals surface area contributed by atoms with E-state index in [0.29, 0.717) is 22.3 Å². The van der Waals surface area contributed by atoms with E-state index >= 15 is 0 Å². The lowest BCUT2D eigenvalue weighted by Crippen LogP contribution is -2.21. The Morgan fingerprint density at radius 1 is 1.64 bits per heavy atom. The maximum atomic E-state index is 11.8. The first-order valence-electron chi connectivity index (χ1n) is 4.30. The van der Waals surface area contributed by atoms with Crippen molar-refractivity contribution in [2.24, 2.45) is 7.05 Å². The fraction of sp³-hybridized carbons (Fsp3) is 0.375. The first-order valence-corrected chi connectivity index (χ1v) is 4.70. The summed E-state index contributed by atoms with van der Waals surface area (Å²) in [6.45, 7) is 2.43. The van der Waals surface area contributed by atoms with E-state index in [9.17, 15) is 4.79 Å². The molecule has 0 amide bonds. The molecule has 0 saturated heterocycles. The van der Waals surface area contributed by atoms with Gasteiger partial charge in [-0.2, -0.15) is 5.10 Å². The number of aromatic nitrogens is 4. The van der Waals surface area contributed by atoms with Crippen molar-refractivity contribution >= 4 is 23.3 Å². The third-order valence-electron chi connectivity index (χ3n) is 2.08. The number of aryl methyl sites for hydroxylation is 1. The van der Waals surface area contributed by atoms with Gasteiger partial charge in [0.05, 0.1) is 5.52 Å². The van der Waals surface area contributed by atoms with Crippen LogP contribution in [0.5, 0.6) is 0 Å². The number of hydrogen-bond acceptors (Lipinski definition) is 3. The predicted molar refractivity (Wildman–Crippen MR) is 55.8 cm³/mol. The Bertz CT molecular complexity index is 591. The minimum absolute atomic E-state index is 0.133. The van der Waals surface area contributed by atoms with Crippen LogP contribution >= 0.6 is 12.2 Å². The van der Waals surface area contributed by atoms with Crippen LogP contribution in [0.4, 0.5) is 0 Å². The highest BCUT2D eigenvalue weighted by Gasteiger charge is 2.06. The molecule has 0 saturated carbocycles. The fourth-order valence-corrected chi connectivity index (χ4v) is 1.75. The van der Waals surface area contributed by atoms with Crippen LogP contribution in [0.3, 0.4) is 0 Å². The van der Waals surface area contributed by atoms with E-state index in [1.165, 1.54) is 4.57 Å². The molecule has 0 spiro atoms. The van der Waals surface area contributed by atoms with Crippen molar-refractivity contribution in [3.8, 4) is 0 Å². The molecule has 74 valence electrons. The van der Waals surface area contributed by atoms with Gasteiger partial charge in [0.1, 0.15) is 0 Å². The zero-order valence-corrected chi connectivity index (χ0v) is 8.76. The zero-order valence-electron chi connectivity index (χ0n) is 7.94. The molecule has 0 aromatic carbocycles.